The average molecular weight is 361 g/mol. The Balaban J connectivity index is 1.64. The van der Waals surface area contributed by atoms with Crippen molar-refractivity contribution in [2.45, 2.75) is 32.7 Å². The summed E-state index contributed by atoms with van der Waals surface area (Å²) in [6.07, 6.45) is 5.03. The minimum atomic E-state index is -0.270. The topological polar surface area (TPSA) is 79.8 Å². The first kappa shape index (κ1) is 18.5. The highest BCUT2D eigenvalue weighted by Crippen LogP contribution is 2.23. The lowest BCUT2D eigenvalue weighted by Crippen LogP contribution is -2.16. The molecule has 1 amide bonds. The van der Waals surface area contributed by atoms with E-state index in [0.717, 1.165) is 11.3 Å². The number of hydrogen-bond donors (Lipinski definition) is 2. The Labute approximate surface area is 159 Å². The fourth-order valence-electron chi connectivity index (χ4n) is 2.50. The summed E-state index contributed by atoms with van der Waals surface area (Å²) >= 11 is 0. The van der Waals surface area contributed by atoms with E-state index in [1.807, 2.05) is 36.4 Å². The molecule has 2 N–H and O–H groups in total. The maximum absolute atomic E-state index is 12.5. The number of anilines is 2. The maximum Gasteiger partial charge on any atom is 0.274 e. The summed E-state index contributed by atoms with van der Waals surface area (Å²) in [4.78, 5) is 24.9. The Morgan fingerprint density at radius 2 is 1.67 bits per heavy atom. The van der Waals surface area contributed by atoms with Gasteiger partial charge < -0.3 is 10.6 Å². The van der Waals surface area contributed by atoms with Crippen LogP contribution in [0, 0.1) is 0 Å². The molecule has 0 radical (unpaired) electrons. The Bertz CT molecular complexity index is 902. The average Bonchev–Trinajstić information content (AvgIpc) is 2.67. The van der Waals surface area contributed by atoms with E-state index in [1.54, 1.807) is 24.7 Å². The Kier molecular flexibility index (Phi) is 5.45. The van der Waals surface area contributed by atoms with Crippen molar-refractivity contribution < 1.29 is 4.79 Å². The van der Waals surface area contributed by atoms with Gasteiger partial charge in [0.1, 0.15) is 5.69 Å². The molecule has 3 rings (SSSR count). The van der Waals surface area contributed by atoms with Crippen molar-refractivity contribution in [3.63, 3.8) is 0 Å². The molecule has 0 bridgehead atoms. The number of carbonyl (C=O) groups excluding carboxylic acids is 1. The number of hydrogen-bond acceptors (Lipinski definition) is 5. The molecule has 0 aliphatic heterocycles. The molecule has 0 saturated carbocycles. The molecule has 2 aromatic heterocycles. The van der Waals surface area contributed by atoms with E-state index < -0.39 is 0 Å². The lowest BCUT2D eigenvalue weighted by Gasteiger charge is -2.19. The van der Waals surface area contributed by atoms with Gasteiger partial charge in [0, 0.05) is 30.8 Å². The van der Waals surface area contributed by atoms with Crippen LogP contribution in [0.3, 0.4) is 0 Å². The number of rotatable bonds is 5. The summed E-state index contributed by atoms with van der Waals surface area (Å²) in [5.74, 6) is 0.135. The van der Waals surface area contributed by atoms with Crippen LogP contribution in [-0.4, -0.2) is 20.9 Å². The molecule has 0 unspecified atom stereocenters. The standard InChI is InChI=1S/C21H23N5O/c1-21(2,3)16-4-6-17(7-5-16)25-19(27)18-10-13-23-20(26-18)24-14-15-8-11-22-12-9-15/h4-13H,14H2,1-3H3,(H,25,27)(H,23,24,26). The van der Waals surface area contributed by atoms with Crippen LogP contribution >= 0.6 is 0 Å². The van der Waals surface area contributed by atoms with Gasteiger partial charge in [0.05, 0.1) is 0 Å². The molecule has 138 valence electrons. The van der Waals surface area contributed by atoms with Crippen LogP contribution in [0.15, 0.2) is 61.1 Å². The third-order valence-corrected chi connectivity index (χ3v) is 4.10. The first-order valence-electron chi connectivity index (χ1n) is 8.79. The number of carbonyl (C=O) groups is 1. The number of pyridine rings is 1. The molecule has 0 fully saturated rings. The van der Waals surface area contributed by atoms with Crippen LogP contribution in [-0.2, 0) is 12.0 Å². The van der Waals surface area contributed by atoms with Gasteiger partial charge in [0.25, 0.3) is 5.91 Å². The van der Waals surface area contributed by atoms with E-state index in [2.05, 4.69) is 46.4 Å². The first-order valence-corrected chi connectivity index (χ1v) is 8.79. The molecular formula is C21H23N5O. The van der Waals surface area contributed by atoms with Gasteiger partial charge in [-0.3, -0.25) is 9.78 Å². The molecule has 0 atom stereocenters. The number of aromatic nitrogens is 3. The normalized spacial score (nSPS) is 11.1. The van der Waals surface area contributed by atoms with Gasteiger partial charge in [-0.2, -0.15) is 0 Å². The van der Waals surface area contributed by atoms with E-state index >= 15 is 0 Å². The van der Waals surface area contributed by atoms with Gasteiger partial charge in [-0.1, -0.05) is 32.9 Å². The molecule has 0 aliphatic rings. The summed E-state index contributed by atoms with van der Waals surface area (Å²) in [7, 11) is 0. The molecule has 1 aromatic carbocycles. The fourth-order valence-corrected chi connectivity index (χ4v) is 2.50. The Morgan fingerprint density at radius 1 is 0.963 bits per heavy atom. The lowest BCUT2D eigenvalue weighted by molar-refractivity contribution is 0.102. The van der Waals surface area contributed by atoms with Gasteiger partial charge in [-0.25, -0.2) is 9.97 Å². The third-order valence-electron chi connectivity index (χ3n) is 4.10. The van der Waals surface area contributed by atoms with Crippen molar-refractivity contribution in [2.75, 3.05) is 10.6 Å². The van der Waals surface area contributed by atoms with Gasteiger partial charge in [0.2, 0.25) is 5.95 Å². The summed E-state index contributed by atoms with van der Waals surface area (Å²) in [5.41, 5.74) is 3.39. The number of amides is 1. The maximum atomic E-state index is 12.5. The van der Waals surface area contributed by atoms with Crippen molar-refractivity contribution in [3.05, 3.63) is 77.9 Å². The van der Waals surface area contributed by atoms with Gasteiger partial charge in [-0.05, 0) is 46.9 Å². The largest absolute Gasteiger partial charge is 0.350 e. The highest BCUT2D eigenvalue weighted by molar-refractivity contribution is 6.02. The van der Waals surface area contributed by atoms with Crippen molar-refractivity contribution in [1.29, 1.82) is 0 Å². The molecule has 0 saturated heterocycles. The van der Waals surface area contributed by atoms with Crippen LogP contribution in [0.2, 0.25) is 0 Å². The number of benzene rings is 1. The van der Waals surface area contributed by atoms with E-state index in [-0.39, 0.29) is 11.3 Å². The van der Waals surface area contributed by atoms with Crippen molar-refractivity contribution >= 4 is 17.5 Å². The van der Waals surface area contributed by atoms with Crippen molar-refractivity contribution in [3.8, 4) is 0 Å². The molecule has 6 nitrogen and oxygen atoms in total. The quantitative estimate of drug-likeness (QED) is 0.717. The van der Waals surface area contributed by atoms with Crippen molar-refractivity contribution in [1.82, 2.24) is 15.0 Å². The van der Waals surface area contributed by atoms with Gasteiger partial charge in [0.15, 0.2) is 0 Å². The highest BCUT2D eigenvalue weighted by Gasteiger charge is 2.14. The van der Waals surface area contributed by atoms with Crippen LogP contribution in [0.4, 0.5) is 11.6 Å². The molecule has 27 heavy (non-hydrogen) atoms. The van der Waals surface area contributed by atoms with E-state index in [9.17, 15) is 4.79 Å². The smallest absolute Gasteiger partial charge is 0.274 e. The monoisotopic (exact) mass is 361 g/mol. The van der Waals surface area contributed by atoms with E-state index in [1.165, 1.54) is 5.56 Å². The molecule has 6 heteroatoms. The molecule has 2 heterocycles. The predicted octanol–water partition coefficient (Wildman–Crippen LogP) is 4.03. The van der Waals surface area contributed by atoms with E-state index in [0.29, 0.717) is 18.2 Å². The van der Waals surface area contributed by atoms with Crippen LogP contribution in [0.25, 0.3) is 0 Å². The zero-order valence-corrected chi connectivity index (χ0v) is 15.7. The Morgan fingerprint density at radius 3 is 2.33 bits per heavy atom. The second-order valence-corrected chi connectivity index (χ2v) is 7.26. The molecule has 0 spiro atoms. The van der Waals surface area contributed by atoms with Crippen LogP contribution < -0.4 is 10.6 Å². The van der Waals surface area contributed by atoms with Crippen LogP contribution in [0.5, 0.6) is 0 Å². The molecular weight excluding hydrogens is 338 g/mol. The highest BCUT2D eigenvalue weighted by atomic mass is 16.1. The summed E-state index contributed by atoms with van der Waals surface area (Å²) < 4.78 is 0. The zero-order valence-electron chi connectivity index (χ0n) is 15.7. The predicted molar refractivity (Wildman–Crippen MR) is 107 cm³/mol. The lowest BCUT2D eigenvalue weighted by atomic mass is 9.87. The number of nitrogens with zero attached hydrogens (tertiary/aromatic N) is 3. The minimum absolute atomic E-state index is 0.0740. The fraction of sp³-hybridized carbons (Fsp3) is 0.238. The SMILES string of the molecule is CC(C)(C)c1ccc(NC(=O)c2ccnc(NCc3ccncc3)n2)cc1. The molecule has 0 aliphatic carbocycles. The molecule has 3 aromatic rings. The Hall–Kier alpha value is -3.28. The van der Waals surface area contributed by atoms with E-state index in [4.69, 9.17) is 0 Å². The minimum Gasteiger partial charge on any atom is -0.350 e. The summed E-state index contributed by atoms with van der Waals surface area (Å²) in [6, 6.07) is 13.3. The third kappa shape index (κ3) is 5.10. The van der Waals surface area contributed by atoms with Crippen molar-refractivity contribution in [2.24, 2.45) is 0 Å². The van der Waals surface area contributed by atoms with Crippen LogP contribution in [0.1, 0.15) is 42.4 Å². The first-order chi connectivity index (χ1) is 12.9. The second-order valence-electron chi connectivity index (χ2n) is 7.26. The summed E-state index contributed by atoms with van der Waals surface area (Å²) in [6.45, 7) is 7.02. The second kappa shape index (κ2) is 7.95. The number of nitrogens with one attached hydrogen (secondary N) is 2. The van der Waals surface area contributed by atoms with Gasteiger partial charge in [-0.15, -0.1) is 0 Å². The summed E-state index contributed by atoms with van der Waals surface area (Å²) in [5, 5.41) is 5.99. The van der Waals surface area contributed by atoms with Gasteiger partial charge >= 0.3 is 0 Å². The zero-order chi connectivity index (χ0) is 19.3.